The van der Waals surface area contributed by atoms with Gasteiger partial charge in [0.15, 0.2) is 0 Å². The van der Waals surface area contributed by atoms with Gasteiger partial charge < -0.3 is 20.4 Å². The third kappa shape index (κ3) is 3.28. The van der Waals surface area contributed by atoms with E-state index in [-0.39, 0.29) is 33.3 Å². The molecule has 0 amide bonds. The Balaban J connectivity index is 2.40. The van der Waals surface area contributed by atoms with E-state index in [1.54, 1.807) is 0 Å². The molecule has 0 bridgehead atoms. The standard InChI is InChI=1S/C16H14F3N4O3P/c1-27(2,26)13-8(14(24)25)4-3-7-9(5-21-12(7)13)11-10(16(17,18)19)6-22-15(20)23-11/h3-6,21H,1-2H3,(H,24,25)(H2,20,22,23). The number of nitrogens with one attached hydrogen (secondary N) is 1. The number of H-pyrrole nitrogens is 1. The van der Waals surface area contributed by atoms with E-state index < -0.39 is 30.5 Å². The van der Waals surface area contributed by atoms with Gasteiger partial charge in [0.1, 0.15) is 12.7 Å². The van der Waals surface area contributed by atoms with E-state index in [1.165, 1.54) is 31.7 Å². The summed E-state index contributed by atoms with van der Waals surface area (Å²) in [6, 6.07) is 2.57. The van der Waals surface area contributed by atoms with E-state index in [2.05, 4.69) is 15.0 Å². The summed E-state index contributed by atoms with van der Waals surface area (Å²) >= 11 is 0. The third-order valence-corrected chi connectivity index (χ3v) is 5.51. The number of aromatic nitrogens is 3. The summed E-state index contributed by atoms with van der Waals surface area (Å²) in [4.78, 5) is 21.4. The van der Waals surface area contributed by atoms with Crippen LogP contribution in [0.2, 0.25) is 0 Å². The monoisotopic (exact) mass is 398 g/mol. The number of halogens is 3. The van der Waals surface area contributed by atoms with E-state index in [1.807, 2.05) is 0 Å². The van der Waals surface area contributed by atoms with Crippen LogP contribution >= 0.6 is 7.14 Å². The van der Waals surface area contributed by atoms with Gasteiger partial charge in [0.25, 0.3) is 0 Å². The fourth-order valence-corrected chi connectivity index (χ4v) is 4.39. The predicted octanol–water partition coefficient (Wildman–Crippen LogP) is 3.17. The van der Waals surface area contributed by atoms with Crippen LogP contribution in [0, 0.1) is 0 Å². The number of rotatable bonds is 3. The Morgan fingerprint density at radius 2 is 1.96 bits per heavy atom. The molecular formula is C16H14F3N4O3P. The lowest BCUT2D eigenvalue weighted by Crippen LogP contribution is -2.16. The molecular weight excluding hydrogens is 384 g/mol. The maximum Gasteiger partial charge on any atom is 0.419 e. The molecule has 0 atom stereocenters. The first-order valence-electron chi connectivity index (χ1n) is 7.54. The lowest BCUT2D eigenvalue weighted by Gasteiger charge is -2.14. The van der Waals surface area contributed by atoms with Gasteiger partial charge in [0.05, 0.1) is 16.8 Å². The number of aromatic amines is 1. The van der Waals surface area contributed by atoms with Crippen molar-refractivity contribution in [2.24, 2.45) is 0 Å². The smallest absolute Gasteiger partial charge is 0.419 e. The molecule has 0 aliphatic carbocycles. The molecule has 0 radical (unpaired) electrons. The van der Waals surface area contributed by atoms with Crippen LogP contribution in [0.5, 0.6) is 0 Å². The summed E-state index contributed by atoms with van der Waals surface area (Å²) in [5.41, 5.74) is 3.99. The number of carboxylic acid groups (broad SMARTS) is 1. The second-order valence-electron chi connectivity index (χ2n) is 6.23. The number of carboxylic acids is 1. The maximum atomic E-state index is 13.4. The Hall–Kier alpha value is -2.87. The predicted molar refractivity (Wildman–Crippen MR) is 94.8 cm³/mol. The molecule has 0 aliphatic rings. The molecule has 0 saturated carbocycles. The number of aromatic carboxylic acids is 1. The molecule has 0 saturated heterocycles. The molecule has 4 N–H and O–H groups in total. The molecule has 11 heteroatoms. The summed E-state index contributed by atoms with van der Waals surface area (Å²) in [5.74, 6) is -1.62. The number of fused-ring (bicyclic) bond motifs is 1. The number of nitrogens with zero attached hydrogens (tertiary/aromatic N) is 2. The number of benzene rings is 1. The maximum absolute atomic E-state index is 13.4. The van der Waals surface area contributed by atoms with Crippen LogP contribution in [-0.4, -0.2) is 39.4 Å². The van der Waals surface area contributed by atoms with Crippen molar-refractivity contribution in [3.05, 3.63) is 35.7 Å². The topological polar surface area (TPSA) is 122 Å². The van der Waals surface area contributed by atoms with Crippen LogP contribution < -0.4 is 11.0 Å². The minimum Gasteiger partial charge on any atom is -0.478 e. The van der Waals surface area contributed by atoms with Crippen molar-refractivity contribution in [1.82, 2.24) is 15.0 Å². The second-order valence-corrected chi connectivity index (χ2v) is 9.38. The van der Waals surface area contributed by atoms with Gasteiger partial charge >= 0.3 is 12.1 Å². The van der Waals surface area contributed by atoms with Gasteiger partial charge in [-0.1, -0.05) is 6.07 Å². The zero-order valence-corrected chi connectivity index (χ0v) is 15.0. The first-order valence-corrected chi connectivity index (χ1v) is 10.1. The zero-order valence-electron chi connectivity index (χ0n) is 14.1. The molecule has 0 fully saturated rings. The van der Waals surface area contributed by atoms with E-state index in [0.717, 1.165) is 0 Å². The van der Waals surface area contributed by atoms with Crippen molar-refractivity contribution >= 4 is 35.3 Å². The Morgan fingerprint density at radius 3 is 2.52 bits per heavy atom. The van der Waals surface area contributed by atoms with Crippen LogP contribution in [0.3, 0.4) is 0 Å². The molecule has 2 heterocycles. The van der Waals surface area contributed by atoms with E-state index >= 15 is 0 Å². The van der Waals surface area contributed by atoms with Gasteiger partial charge in [-0.15, -0.1) is 0 Å². The summed E-state index contributed by atoms with van der Waals surface area (Å²) in [6.45, 7) is 2.77. The Bertz CT molecular complexity index is 1120. The van der Waals surface area contributed by atoms with Gasteiger partial charge in [-0.05, 0) is 19.4 Å². The number of hydrogen-bond donors (Lipinski definition) is 3. The molecule has 1 aromatic carbocycles. The quantitative estimate of drug-likeness (QED) is 0.583. The Kier molecular flexibility index (Phi) is 4.26. The number of nitrogen functional groups attached to an aromatic ring is 1. The lowest BCUT2D eigenvalue weighted by atomic mass is 10.0. The lowest BCUT2D eigenvalue weighted by molar-refractivity contribution is -0.137. The van der Waals surface area contributed by atoms with Crippen molar-refractivity contribution < 1.29 is 27.6 Å². The van der Waals surface area contributed by atoms with E-state index in [9.17, 15) is 27.6 Å². The second kappa shape index (κ2) is 6.09. The fourth-order valence-electron chi connectivity index (χ4n) is 2.92. The summed E-state index contributed by atoms with van der Waals surface area (Å²) in [7, 11) is -3.08. The van der Waals surface area contributed by atoms with Crippen LogP contribution in [0.4, 0.5) is 19.1 Å². The Labute approximate surface area is 150 Å². The first kappa shape index (κ1) is 18.9. The average Bonchev–Trinajstić information content (AvgIpc) is 2.95. The van der Waals surface area contributed by atoms with Crippen LogP contribution in [0.25, 0.3) is 22.2 Å². The molecule has 3 rings (SSSR count). The van der Waals surface area contributed by atoms with Gasteiger partial charge in [-0.25, -0.2) is 14.8 Å². The van der Waals surface area contributed by atoms with Crippen molar-refractivity contribution in [2.45, 2.75) is 6.18 Å². The largest absolute Gasteiger partial charge is 0.478 e. The summed E-state index contributed by atoms with van der Waals surface area (Å²) in [5, 5.41) is 9.68. The molecule has 3 aromatic rings. The van der Waals surface area contributed by atoms with Crippen LogP contribution in [0.1, 0.15) is 15.9 Å². The van der Waals surface area contributed by atoms with Gasteiger partial charge in [-0.2, -0.15) is 13.2 Å². The summed E-state index contributed by atoms with van der Waals surface area (Å²) in [6.07, 6.45) is -2.87. The zero-order chi connectivity index (χ0) is 20.1. The van der Waals surface area contributed by atoms with Crippen molar-refractivity contribution in [1.29, 1.82) is 0 Å². The minimum atomic E-state index is -4.72. The van der Waals surface area contributed by atoms with Crippen molar-refractivity contribution in [3.63, 3.8) is 0 Å². The van der Waals surface area contributed by atoms with E-state index in [4.69, 9.17) is 5.73 Å². The van der Waals surface area contributed by atoms with E-state index in [0.29, 0.717) is 6.20 Å². The normalized spacial score (nSPS) is 12.5. The molecule has 7 nitrogen and oxygen atoms in total. The molecule has 2 aromatic heterocycles. The summed E-state index contributed by atoms with van der Waals surface area (Å²) < 4.78 is 52.7. The molecule has 27 heavy (non-hydrogen) atoms. The highest BCUT2D eigenvalue weighted by Gasteiger charge is 2.36. The first-order chi connectivity index (χ1) is 12.4. The molecule has 0 spiro atoms. The number of alkyl halides is 3. The Morgan fingerprint density at radius 1 is 1.30 bits per heavy atom. The number of hydrogen-bond acceptors (Lipinski definition) is 5. The van der Waals surface area contributed by atoms with Crippen LogP contribution in [-0.2, 0) is 10.7 Å². The molecule has 0 aliphatic heterocycles. The number of carbonyl (C=O) groups is 1. The third-order valence-electron chi connectivity index (χ3n) is 3.97. The average molecular weight is 398 g/mol. The highest BCUT2D eigenvalue weighted by Crippen LogP contribution is 2.42. The number of nitrogens with two attached hydrogens (primary N) is 1. The number of anilines is 1. The highest BCUT2D eigenvalue weighted by atomic mass is 31.2. The highest BCUT2D eigenvalue weighted by molar-refractivity contribution is 7.70. The van der Waals surface area contributed by atoms with Gasteiger partial charge in [0, 0.05) is 28.6 Å². The van der Waals surface area contributed by atoms with Crippen molar-refractivity contribution in [2.75, 3.05) is 19.1 Å². The van der Waals surface area contributed by atoms with Gasteiger partial charge in [-0.3, -0.25) is 0 Å². The molecule has 142 valence electrons. The van der Waals surface area contributed by atoms with Crippen LogP contribution in [0.15, 0.2) is 24.5 Å². The van der Waals surface area contributed by atoms with Gasteiger partial charge in [0.2, 0.25) is 5.95 Å². The fraction of sp³-hybridized carbons (Fsp3) is 0.188. The minimum absolute atomic E-state index is 0.0503. The molecule has 0 unspecified atom stereocenters. The SMILES string of the molecule is CP(C)(=O)c1c(C(=O)O)ccc2c(-c3nc(N)ncc3C(F)(F)F)c[nH]c12. The van der Waals surface area contributed by atoms with Crippen molar-refractivity contribution in [3.8, 4) is 11.3 Å².